The molecule has 0 bridgehead atoms. The zero-order valence-electron chi connectivity index (χ0n) is 16.8. The molecule has 1 N–H and O–H groups in total. The van der Waals surface area contributed by atoms with Crippen molar-refractivity contribution in [1.29, 1.82) is 0 Å². The summed E-state index contributed by atoms with van der Waals surface area (Å²) in [5.41, 5.74) is 2.05. The lowest BCUT2D eigenvalue weighted by atomic mass is 10.1. The molecule has 2 aliphatic heterocycles. The van der Waals surface area contributed by atoms with Crippen LogP contribution in [0, 0.1) is 5.92 Å². The fraction of sp³-hybridized carbons (Fsp3) is 0.524. The number of amides is 2. The first-order valence-electron chi connectivity index (χ1n) is 10.4. The van der Waals surface area contributed by atoms with Crippen molar-refractivity contribution in [2.24, 2.45) is 5.92 Å². The monoisotopic (exact) mass is 413 g/mol. The number of hydrogen-bond donors (Lipinski definition) is 1. The maximum atomic E-state index is 12.6. The Morgan fingerprint density at radius 1 is 1.17 bits per heavy atom. The van der Waals surface area contributed by atoms with Gasteiger partial charge in [-0.05, 0) is 43.5 Å². The maximum Gasteiger partial charge on any atom is 0.231 e. The minimum atomic E-state index is -0.372. The number of carbonyl (C=O) groups excluding carboxylic acids is 2. The Labute approximate surface area is 175 Å². The van der Waals surface area contributed by atoms with Gasteiger partial charge in [0.05, 0.1) is 5.92 Å². The minimum Gasteiger partial charge on any atom is -0.372 e. The number of carbonyl (C=O) groups is 2. The summed E-state index contributed by atoms with van der Waals surface area (Å²) in [4.78, 5) is 29.2. The molecule has 2 aromatic rings. The third-order valence-electron chi connectivity index (χ3n) is 5.57. The van der Waals surface area contributed by atoms with Crippen molar-refractivity contribution >= 4 is 39.7 Å². The average Bonchev–Trinajstić information content (AvgIpc) is 3.48. The van der Waals surface area contributed by atoms with E-state index >= 15 is 0 Å². The number of anilines is 3. The molecule has 2 saturated heterocycles. The Balaban J connectivity index is 1.35. The van der Waals surface area contributed by atoms with Gasteiger partial charge >= 0.3 is 0 Å². The van der Waals surface area contributed by atoms with E-state index in [4.69, 9.17) is 0 Å². The summed E-state index contributed by atoms with van der Waals surface area (Å²) in [6.45, 7) is 4.72. The van der Waals surface area contributed by atoms with Crippen molar-refractivity contribution in [3.05, 3.63) is 29.3 Å². The predicted molar refractivity (Wildman–Crippen MR) is 115 cm³/mol. The molecule has 0 spiro atoms. The largest absolute Gasteiger partial charge is 0.372 e. The summed E-state index contributed by atoms with van der Waals surface area (Å²) >= 11 is 1.41. The van der Waals surface area contributed by atoms with Crippen molar-refractivity contribution in [3.63, 3.8) is 0 Å². The molecule has 2 fully saturated rings. The van der Waals surface area contributed by atoms with E-state index in [2.05, 4.69) is 39.5 Å². The van der Waals surface area contributed by atoms with Gasteiger partial charge in [0.25, 0.3) is 0 Å². The number of nitrogens with one attached hydrogen (secondary N) is 1. The van der Waals surface area contributed by atoms with Gasteiger partial charge in [-0.15, -0.1) is 10.2 Å². The first kappa shape index (κ1) is 19.8. The van der Waals surface area contributed by atoms with Crippen LogP contribution in [0.1, 0.15) is 44.0 Å². The summed E-state index contributed by atoms with van der Waals surface area (Å²) in [7, 11) is 0. The van der Waals surface area contributed by atoms with Crippen molar-refractivity contribution in [2.75, 3.05) is 34.8 Å². The van der Waals surface area contributed by atoms with Gasteiger partial charge in [-0.2, -0.15) is 0 Å². The van der Waals surface area contributed by atoms with E-state index in [0.717, 1.165) is 43.0 Å². The summed E-state index contributed by atoms with van der Waals surface area (Å²) in [5, 5.41) is 12.5. The molecular formula is C21H27N5O2S. The van der Waals surface area contributed by atoms with Gasteiger partial charge in [-0.3, -0.25) is 9.59 Å². The highest BCUT2D eigenvalue weighted by Gasteiger charge is 2.35. The summed E-state index contributed by atoms with van der Waals surface area (Å²) in [6.07, 6.45) is 5.73. The quantitative estimate of drug-likeness (QED) is 0.752. The summed E-state index contributed by atoms with van der Waals surface area (Å²) in [6, 6.07) is 8.11. The van der Waals surface area contributed by atoms with Crippen molar-refractivity contribution in [1.82, 2.24) is 10.2 Å². The predicted octanol–water partition coefficient (Wildman–Crippen LogP) is 3.47. The van der Waals surface area contributed by atoms with Gasteiger partial charge < -0.3 is 15.1 Å². The maximum absolute atomic E-state index is 12.6. The van der Waals surface area contributed by atoms with Crippen LogP contribution in [0.5, 0.6) is 0 Å². The van der Waals surface area contributed by atoms with Gasteiger partial charge in [-0.1, -0.05) is 24.7 Å². The van der Waals surface area contributed by atoms with Crippen LogP contribution >= 0.6 is 11.3 Å². The zero-order valence-corrected chi connectivity index (χ0v) is 17.6. The average molecular weight is 414 g/mol. The fourth-order valence-corrected chi connectivity index (χ4v) is 4.68. The smallest absolute Gasteiger partial charge is 0.231 e. The Hall–Kier alpha value is -2.48. The van der Waals surface area contributed by atoms with Crippen LogP contribution in [-0.2, 0) is 16.0 Å². The number of nitrogens with zero attached hydrogens (tertiary/aromatic N) is 4. The van der Waals surface area contributed by atoms with Crippen LogP contribution in [0.25, 0.3) is 0 Å². The lowest BCUT2D eigenvalue weighted by Crippen LogP contribution is -2.28. The third-order valence-corrected chi connectivity index (χ3v) is 6.47. The van der Waals surface area contributed by atoms with E-state index in [1.807, 2.05) is 12.1 Å². The SMILES string of the molecule is CCCCc1nnc(NC(=O)C2CC(=O)N(c3ccc(N4CCCC4)cc3)C2)s1. The Morgan fingerprint density at radius 3 is 2.62 bits per heavy atom. The van der Waals surface area contributed by atoms with Crippen LogP contribution in [0.2, 0.25) is 0 Å². The molecular weight excluding hydrogens is 386 g/mol. The molecule has 1 unspecified atom stereocenters. The van der Waals surface area contributed by atoms with Gasteiger partial charge in [0.1, 0.15) is 5.01 Å². The lowest BCUT2D eigenvalue weighted by Gasteiger charge is -2.20. The first-order chi connectivity index (χ1) is 14.1. The molecule has 154 valence electrons. The highest BCUT2D eigenvalue weighted by molar-refractivity contribution is 7.15. The second-order valence-electron chi connectivity index (χ2n) is 7.71. The van der Waals surface area contributed by atoms with Crippen LogP contribution in [0.3, 0.4) is 0 Å². The molecule has 2 aliphatic rings. The zero-order chi connectivity index (χ0) is 20.2. The van der Waals surface area contributed by atoms with Crippen LogP contribution in [0.4, 0.5) is 16.5 Å². The Bertz CT molecular complexity index is 860. The summed E-state index contributed by atoms with van der Waals surface area (Å²) in [5.74, 6) is -0.545. The fourth-order valence-electron chi connectivity index (χ4n) is 3.89. The first-order valence-corrected chi connectivity index (χ1v) is 11.2. The van der Waals surface area contributed by atoms with Gasteiger partial charge in [0.15, 0.2) is 0 Å². The molecule has 7 nitrogen and oxygen atoms in total. The van der Waals surface area contributed by atoms with Gasteiger partial charge in [-0.25, -0.2) is 0 Å². The number of rotatable bonds is 7. The molecule has 0 radical (unpaired) electrons. The number of hydrogen-bond acceptors (Lipinski definition) is 6. The molecule has 0 aliphatic carbocycles. The van der Waals surface area contributed by atoms with E-state index in [-0.39, 0.29) is 24.2 Å². The van der Waals surface area contributed by atoms with Crippen LogP contribution < -0.4 is 15.1 Å². The molecule has 1 aromatic carbocycles. The molecule has 1 aromatic heterocycles. The highest BCUT2D eigenvalue weighted by atomic mass is 32.1. The van der Waals surface area contributed by atoms with Gasteiger partial charge in [0, 0.05) is 43.9 Å². The van der Waals surface area contributed by atoms with E-state index in [1.54, 1.807) is 4.90 Å². The van der Waals surface area contributed by atoms with E-state index in [1.165, 1.54) is 29.9 Å². The number of aryl methyl sites for hydroxylation is 1. The standard InChI is InChI=1S/C21H27N5O2S/c1-2-3-6-18-23-24-21(29-18)22-20(28)15-13-19(27)26(14-15)17-9-7-16(8-10-17)25-11-4-5-12-25/h7-10,15H,2-6,11-14H2,1H3,(H,22,24,28). The number of aromatic nitrogens is 2. The molecule has 0 saturated carbocycles. The molecule has 29 heavy (non-hydrogen) atoms. The highest BCUT2D eigenvalue weighted by Crippen LogP contribution is 2.29. The lowest BCUT2D eigenvalue weighted by molar-refractivity contribution is -0.122. The molecule has 4 rings (SSSR count). The van der Waals surface area contributed by atoms with Crippen LogP contribution in [0.15, 0.2) is 24.3 Å². The molecule has 3 heterocycles. The van der Waals surface area contributed by atoms with Crippen LogP contribution in [-0.4, -0.2) is 41.6 Å². The minimum absolute atomic E-state index is 0.0139. The van der Waals surface area contributed by atoms with Crippen molar-refractivity contribution in [2.45, 2.75) is 45.4 Å². The van der Waals surface area contributed by atoms with E-state index < -0.39 is 0 Å². The van der Waals surface area contributed by atoms with Crippen molar-refractivity contribution in [3.8, 4) is 0 Å². The van der Waals surface area contributed by atoms with Crippen molar-refractivity contribution < 1.29 is 9.59 Å². The second kappa shape index (κ2) is 8.90. The number of benzene rings is 1. The Morgan fingerprint density at radius 2 is 1.90 bits per heavy atom. The topological polar surface area (TPSA) is 78.4 Å². The van der Waals surface area contributed by atoms with E-state index in [9.17, 15) is 9.59 Å². The Kier molecular flexibility index (Phi) is 6.08. The third kappa shape index (κ3) is 4.58. The van der Waals surface area contributed by atoms with Gasteiger partial charge in [0.2, 0.25) is 16.9 Å². The second-order valence-corrected chi connectivity index (χ2v) is 8.77. The normalized spacial score (nSPS) is 19.2. The molecule has 1 atom stereocenters. The molecule has 8 heteroatoms. The summed E-state index contributed by atoms with van der Waals surface area (Å²) < 4.78 is 0. The van der Waals surface area contributed by atoms with E-state index in [0.29, 0.717) is 11.7 Å². The molecule has 2 amide bonds. The number of unbranched alkanes of at least 4 members (excludes halogenated alkanes) is 1.